The lowest BCUT2D eigenvalue weighted by Gasteiger charge is -2.36. The number of hydrogen-bond acceptors (Lipinski definition) is 3. The molecule has 2 rings (SSSR count). The Labute approximate surface area is 93.6 Å². The lowest BCUT2D eigenvalue weighted by Crippen LogP contribution is -2.43. The first kappa shape index (κ1) is 11.4. The molecule has 0 atom stereocenters. The maximum Gasteiger partial charge on any atom is 0.00631 e. The van der Waals surface area contributed by atoms with E-state index in [0.717, 1.165) is 5.92 Å². The van der Waals surface area contributed by atoms with Gasteiger partial charge in [0.1, 0.15) is 0 Å². The number of likely N-dealkylation sites (tertiary alicyclic amines) is 2. The summed E-state index contributed by atoms with van der Waals surface area (Å²) in [6.07, 6.45) is 5.18. The number of rotatable bonds is 2. The second kappa shape index (κ2) is 5.28. The van der Waals surface area contributed by atoms with Gasteiger partial charge in [-0.2, -0.15) is 0 Å². The zero-order chi connectivity index (χ0) is 10.7. The van der Waals surface area contributed by atoms with Crippen molar-refractivity contribution in [1.82, 2.24) is 9.80 Å². The molecule has 2 aliphatic heterocycles. The highest BCUT2D eigenvalue weighted by molar-refractivity contribution is 4.78. The van der Waals surface area contributed by atoms with Crippen LogP contribution in [0.1, 0.15) is 25.7 Å². The fourth-order valence-electron chi connectivity index (χ4n) is 2.75. The van der Waals surface area contributed by atoms with Crippen molar-refractivity contribution in [3.8, 4) is 0 Å². The van der Waals surface area contributed by atoms with Crippen LogP contribution in [0, 0.1) is 5.92 Å². The molecule has 0 aromatic heterocycles. The third kappa shape index (κ3) is 3.44. The Balaban J connectivity index is 1.68. The minimum atomic E-state index is 0.471. The standard InChI is InChI=1S/C12H25N3/c1-14-6-2-11(3-7-14)10-15-8-4-12(13)5-9-15/h11-12H,2-10,13H2,1H3. The average Bonchev–Trinajstić information content (AvgIpc) is 2.25. The molecular weight excluding hydrogens is 186 g/mol. The highest BCUT2D eigenvalue weighted by Gasteiger charge is 2.22. The van der Waals surface area contributed by atoms with Crippen molar-refractivity contribution in [1.29, 1.82) is 0 Å². The van der Waals surface area contributed by atoms with Crippen LogP contribution in [0.3, 0.4) is 0 Å². The third-order valence-corrected chi connectivity index (χ3v) is 3.99. The van der Waals surface area contributed by atoms with Crippen molar-refractivity contribution in [2.75, 3.05) is 39.8 Å². The minimum absolute atomic E-state index is 0.471. The van der Waals surface area contributed by atoms with Crippen molar-refractivity contribution < 1.29 is 0 Å². The number of nitrogens with zero attached hydrogens (tertiary/aromatic N) is 2. The minimum Gasteiger partial charge on any atom is -0.328 e. The summed E-state index contributed by atoms with van der Waals surface area (Å²) in [7, 11) is 2.23. The number of piperidine rings is 2. The van der Waals surface area contributed by atoms with Crippen LogP contribution in [0.15, 0.2) is 0 Å². The summed E-state index contributed by atoms with van der Waals surface area (Å²) >= 11 is 0. The first-order valence-corrected chi connectivity index (χ1v) is 6.40. The van der Waals surface area contributed by atoms with Gasteiger partial charge in [-0.3, -0.25) is 0 Å². The van der Waals surface area contributed by atoms with E-state index in [9.17, 15) is 0 Å². The molecule has 3 nitrogen and oxygen atoms in total. The fourth-order valence-corrected chi connectivity index (χ4v) is 2.75. The van der Waals surface area contributed by atoms with Gasteiger partial charge >= 0.3 is 0 Å². The van der Waals surface area contributed by atoms with Gasteiger partial charge in [0.05, 0.1) is 0 Å². The van der Waals surface area contributed by atoms with Gasteiger partial charge in [0.25, 0.3) is 0 Å². The van der Waals surface area contributed by atoms with Gasteiger partial charge in [0.15, 0.2) is 0 Å². The summed E-state index contributed by atoms with van der Waals surface area (Å²) in [5, 5.41) is 0. The van der Waals surface area contributed by atoms with E-state index in [1.165, 1.54) is 58.4 Å². The van der Waals surface area contributed by atoms with Crippen LogP contribution in [-0.4, -0.2) is 55.6 Å². The van der Waals surface area contributed by atoms with E-state index in [1.807, 2.05) is 0 Å². The molecule has 0 radical (unpaired) electrons. The Hall–Kier alpha value is -0.120. The van der Waals surface area contributed by atoms with E-state index in [4.69, 9.17) is 5.73 Å². The molecule has 88 valence electrons. The van der Waals surface area contributed by atoms with Crippen LogP contribution < -0.4 is 5.73 Å². The Morgan fingerprint density at radius 2 is 1.60 bits per heavy atom. The van der Waals surface area contributed by atoms with Gasteiger partial charge in [-0.25, -0.2) is 0 Å². The monoisotopic (exact) mass is 211 g/mol. The van der Waals surface area contributed by atoms with Crippen molar-refractivity contribution in [3.05, 3.63) is 0 Å². The Morgan fingerprint density at radius 1 is 1.00 bits per heavy atom. The van der Waals surface area contributed by atoms with Gasteiger partial charge in [0, 0.05) is 12.6 Å². The van der Waals surface area contributed by atoms with Gasteiger partial charge in [-0.15, -0.1) is 0 Å². The molecule has 2 N–H and O–H groups in total. The quantitative estimate of drug-likeness (QED) is 0.731. The number of nitrogens with two attached hydrogens (primary N) is 1. The highest BCUT2D eigenvalue weighted by Crippen LogP contribution is 2.19. The molecule has 0 amide bonds. The molecule has 15 heavy (non-hydrogen) atoms. The summed E-state index contributed by atoms with van der Waals surface area (Å²) in [5.74, 6) is 0.940. The van der Waals surface area contributed by atoms with E-state index in [1.54, 1.807) is 0 Å². The molecule has 0 bridgehead atoms. The van der Waals surface area contributed by atoms with Crippen LogP contribution in [-0.2, 0) is 0 Å². The van der Waals surface area contributed by atoms with Crippen molar-refractivity contribution in [2.45, 2.75) is 31.7 Å². The summed E-state index contributed by atoms with van der Waals surface area (Å²) in [6, 6.07) is 0.471. The van der Waals surface area contributed by atoms with Crippen molar-refractivity contribution in [3.63, 3.8) is 0 Å². The molecule has 2 fully saturated rings. The third-order valence-electron chi connectivity index (χ3n) is 3.99. The molecule has 0 aliphatic carbocycles. The first-order valence-electron chi connectivity index (χ1n) is 6.40. The molecular formula is C12H25N3. The lowest BCUT2D eigenvalue weighted by atomic mass is 9.95. The smallest absolute Gasteiger partial charge is 0.00631 e. The van der Waals surface area contributed by atoms with Crippen LogP contribution in [0.4, 0.5) is 0 Å². The summed E-state index contributed by atoms with van der Waals surface area (Å²) in [5.41, 5.74) is 5.91. The molecule has 2 aliphatic rings. The predicted molar refractivity (Wildman–Crippen MR) is 63.9 cm³/mol. The summed E-state index contributed by atoms with van der Waals surface area (Å²) in [6.45, 7) is 6.36. The van der Waals surface area contributed by atoms with Gasteiger partial charge < -0.3 is 15.5 Å². The van der Waals surface area contributed by atoms with E-state index in [-0.39, 0.29) is 0 Å². The largest absolute Gasteiger partial charge is 0.328 e. The molecule has 2 heterocycles. The fraction of sp³-hybridized carbons (Fsp3) is 1.00. The van der Waals surface area contributed by atoms with E-state index >= 15 is 0 Å². The topological polar surface area (TPSA) is 32.5 Å². The maximum atomic E-state index is 5.91. The first-order chi connectivity index (χ1) is 7.24. The maximum absolute atomic E-state index is 5.91. The summed E-state index contributed by atoms with van der Waals surface area (Å²) < 4.78 is 0. The Morgan fingerprint density at radius 3 is 2.20 bits per heavy atom. The van der Waals surface area contributed by atoms with Gasteiger partial charge in [-0.1, -0.05) is 0 Å². The SMILES string of the molecule is CN1CCC(CN2CCC(N)CC2)CC1. The van der Waals surface area contributed by atoms with Crippen molar-refractivity contribution >= 4 is 0 Å². The number of hydrogen-bond donors (Lipinski definition) is 1. The van der Waals surface area contributed by atoms with E-state index in [2.05, 4.69) is 16.8 Å². The second-order valence-electron chi connectivity index (χ2n) is 5.38. The molecule has 2 saturated heterocycles. The zero-order valence-electron chi connectivity index (χ0n) is 9.99. The van der Waals surface area contributed by atoms with E-state index < -0.39 is 0 Å². The van der Waals surface area contributed by atoms with Crippen LogP contribution >= 0.6 is 0 Å². The normalized spacial score (nSPS) is 28.4. The molecule has 0 aromatic carbocycles. The average molecular weight is 211 g/mol. The van der Waals surface area contributed by atoms with Crippen LogP contribution in [0.25, 0.3) is 0 Å². The van der Waals surface area contributed by atoms with Crippen LogP contribution in [0.5, 0.6) is 0 Å². The predicted octanol–water partition coefficient (Wildman–Crippen LogP) is 0.751. The highest BCUT2D eigenvalue weighted by atomic mass is 15.1. The second-order valence-corrected chi connectivity index (χ2v) is 5.38. The molecule has 3 heteroatoms. The zero-order valence-corrected chi connectivity index (χ0v) is 9.99. The van der Waals surface area contributed by atoms with Gasteiger partial charge in [0.2, 0.25) is 0 Å². The van der Waals surface area contributed by atoms with E-state index in [0.29, 0.717) is 6.04 Å². The van der Waals surface area contributed by atoms with Gasteiger partial charge in [-0.05, 0) is 64.8 Å². The molecule has 0 saturated carbocycles. The molecule has 0 unspecified atom stereocenters. The molecule has 0 aromatic rings. The Bertz CT molecular complexity index is 159. The van der Waals surface area contributed by atoms with Crippen LogP contribution in [0.2, 0.25) is 0 Å². The summed E-state index contributed by atoms with van der Waals surface area (Å²) in [4.78, 5) is 5.07. The van der Waals surface area contributed by atoms with Crippen molar-refractivity contribution in [2.24, 2.45) is 11.7 Å². The molecule has 0 spiro atoms. The Kier molecular flexibility index (Phi) is 4.00. The lowest BCUT2D eigenvalue weighted by molar-refractivity contribution is 0.139.